The molecule has 0 aliphatic rings. The van der Waals surface area contributed by atoms with Crippen molar-refractivity contribution in [3.05, 3.63) is 112 Å². The summed E-state index contributed by atoms with van der Waals surface area (Å²) in [5, 5.41) is 17.7. The van der Waals surface area contributed by atoms with Crippen molar-refractivity contribution >= 4 is 45.7 Å². The fourth-order valence-electron chi connectivity index (χ4n) is 5.11. The van der Waals surface area contributed by atoms with Crippen LogP contribution >= 0.6 is 23.2 Å². The molecule has 10 heteroatoms. The van der Waals surface area contributed by atoms with Crippen molar-refractivity contribution in [1.29, 1.82) is 0 Å². The maximum Gasteiger partial charge on any atom is 0.220 e. The largest absolute Gasteiger partial charge is 0.337 e. The average molecular weight is 556 g/mol. The standard InChI is InChI=1S/C29H23Cl2N7O/c1-3-28(39)33-29(26-16-32-17-37(26)2,19-7-10-21(30)11-8-19)20-9-12-25-24(14-20)23(15-27-34-35-36-38(25)27)18-5-4-6-22(31)13-18/h4-17H,3H2,1-2H3,(H,33,39). The minimum Gasteiger partial charge on any atom is -0.337 e. The van der Waals surface area contributed by atoms with Crippen LogP contribution in [0.5, 0.6) is 0 Å². The van der Waals surface area contributed by atoms with Crippen molar-refractivity contribution in [1.82, 2.24) is 34.9 Å². The maximum absolute atomic E-state index is 13.2. The Kier molecular flexibility index (Phi) is 6.29. The molecule has 0 aliphatic carbocycles. The Bertz CT molecular complexity index is 1840. The third-order valence-corrected chi connectivity index (χ3v) is 7.46. The first-order valence-corrected chi connectivity index (χ1v) is 13.1. The maximum atomic E-state index is 13.2. The van der Waals surface area contributed by atoms with Crippen LogP contribution in [0.25, 0.3) is 27.7 Å². The van der Waals surface area contributed by atoms with E-state index in [0.29, 0.717) is 22.1 Å². The van der Waals surface area contributed by atoms with Crippen molar-refractivity contribution in [2.75, 3.05) is 0 Å². The van der Waals surface area contributed by atoms with Crippen LogP contribution < -0.4 is 5.32 Å². The summed E-state index contributed by atoms with van der Waals surface area (Å²) in [5.41, 5.74) is 4.65. The van der Waals surface area contributed by atoms with Gasteiger partial charge in [-0.1, -0.05) is 60.5 Å². The van der Waals surface area contributed by atoms with Gasteiger partial charge in [-0.25, -0.2) is 4.98 Å². The van der Waals surface area contributed by atoms with Gasteiger partial charge in [-0.15, -0.1) is 5.10 Å². The van der Waals surface area contributed by atoms with Crippen molar-refractivity contribution in [2.24, 2.45) is 7.05 Å². The van der Waals surface area contributed by atoms with Crippen LogP contribution in [-0.4, -0.2) is 35.5 Å². The number of nitrogens with zero attached hydrogens (tertiary/aromatic N) is 6. The second-order valence-corrected chi connectivity index (χ2v) is 10.2. The number of aromatic nitrogens is 6. The number of hydrogen-bond acceptors (Lipinski definition) is 5. The second-order valence-electron chi connectivity index (χ2n) is 9.30. The van der Waals surface area contributed by atoms with Gasteiger partial charge in [-0.05, 0) is 75.1 Å². The summed E-state index contributed by atoms with van der Waals surface area (Å²) in [7, 11) is 1.91. The van der Waals surface area contributed by atoms with Crippen molar-refractivity contribution in [3.8, 4) is 11.1 Å². The molecule has 0 saturated heterocycles. The Morgan fingerprint density at radius 3 is 2.49 bits per heavy atom. The second kappa shape index (κ2) is 9.80. The predicted molar refractivity (Wildman–Crippen MR) is 152 cm³/mol. The molecule has 0 bridgehead atoms. The molecule has 0 aliphatic heterocycles. The van der Waals surface area contributed by atoms with Gasteiger partial charge in [0.25, 0.3) is 0 Å². The van der Waals surface area contributed by atoms with Crippen LogP contribution in [0.15, 0.2) is 85.3 Å². The first kappa shape index (κ1) is 25.0. The molecule has 0 fully saturated rings. The summed E-state index contributed by atoms with van der Waals surface area (Å²) in [6, 6.07) is 23.1. The number of pyridine rings is 1. The SMILES string of the molecule is CCC(=O)NC(c1ccc(Cl)cc1)(c1ccc2c(c1)c(-c1cccc(Cl)c1)cc1nnnn12)c1cncn1C. The highest BCUT2D eigenvalue weighted by molar-refractivity contribution is 6.31. The number of hydrogen-bond donors (Lipinski definition) is 1. The number of carbonyl (C=O) groups excluding carboxylic acids is 1. The molecule has 1 atom stereocenters. The summed E-state index contributed by atoms with van der Waals surface area (Å²) in [5.74, 6) is -0.114. The fourth-order valence-corrected chi connectivity index (χ4v) is 5.43. The Balaban J connectivity index is 1.72. The molecule has 0 spiro atoms. The van der Waals surface area contributed by atoms with Crippen LogP contribution in [0.1, 0.15) is 30.2 Å². The molecule has 0 radical (unpaired) electrons. The molecule has 3 aromatic heterocycles. The lowest BCUT2D eigenvalue weighted by atomic mass is 9.79. The molecule has 1 N–H and O–H groups in total. The van der Waals surface area contributed by atoms with E-state index in [4.69, 9.17) is 23.2 Å². The first-order valence-electron chi connectivity index (χ1n) is 12.4. The number of fused-ring (bicyclic) bond motifs is 3. The molecule has 3 heterocycles. The van der Waals surface area contributed by atoms with Gasteiger partial charge >= 0.3 is 0 Å². The highest BCUT2D eigenvalue weighted by atomic mass is 35.5. The molecule has 39 heavy (non-hydrogen) atoms. The number of imidazole rings is 1. The van der Waals surface area contributed by atoms with E-state index in [0.717, 1.165) is 38.9 Å². The molecular weight excluding hydrogens is 533 g/mol. The average Bonchev–Trinajstić information content (AvgIpc) is 3.60. The molecule has 8 nitrogen and oxygen atoms in total. The Hall–Kier alpha value is -4.27. The highest BCUT2D eigenvalue weighted by Crippen LogP contribution is 2.40. The van der Waals surface area contributed by atoms with Gasteiger partial charge in [0.1, 0.15) is 5.54 Å². The topological polar surface area (TPSA) is 90.0 Å². The predicted octanol–water partition coefficient (Wildman–Crippen LogP) is 5.80. The number of tetrazole rings is 1. The van der Waals surface area contributed by atoms with Crippen LogP contribution in [0.3, 0.4) is 0 Å². The Morgan fingerprint density at radius 1 is 0.974 bits per heavy atom. The van der Waals surface area contributed by atoms with Gasteiger partial charge in [-0.2, -0.15) is 4.52 Å². The summed E-state index contributed by atoms with van der Waals surface area (Å²) < 4.78 is 3.61. The zero-order chi connectivity index (χ0) is 27.1. The number of nitrogens with one attached hydrogen (secondary N) is 1. The van der Waals surface area contributed by atoms with Gasteiger partial charge in [0.15, 0.2) is 5.65 Å². The number of carbonyl (C=O) groups is 1. The van der Waals surface area contributed by atoms with Crippen LogP contribution in [0.2, 0.25) is 10.0 Å². The first-order chi connectivity index (χ1) is 18.9. The van der Waals surface area contributed by atoms with E-state index in [1.54, 1.807) is 17.0 Å². The van der Waals surface area contributed by atoms with E-state index in [9.17, 15) is 4.79 Å². The monoisotopic (exact) mass is 555 g/mol. The fraction of sp³-hybridized carbons (Fsp3) is 0.138. The van der Waals surface area contributed by atoms with Crippen molar-refractivity contribution in [2.45, 2.75) is 18.9 Å². The lowest BCUT2D eigenvalue weighted by Crippen LogP contribution is -2.48. The molecular formula is C29H23Cl2N7O. The molecule has 194 valence electrons. The van der Waals surface area contributed by atoms with E-state index < -0.39 is 5.54 Å². The number of amides is 1. The van der Waals surface area contributed by atoms with E-state index in [1.807, 2.05) is 85.3 Å². The molecule has 6 rings (SSSR count). The molecule has 1 unspecified atom stereocenters. The number of benzene rings is 3. The summed E-state index contributed by atoms with van der Waals surface area (Å²) in [6.07, 6.45) is 3.80. The summed E-state index contributed by atoms with van der Waals surface area (Å²) >= 11 is 12.7. The Labute approximate surface area is 234 Å². The van der Waals surface area contributed by atoms with Crippen LogP contribution in [0.4, 0.5) is 0 Å². The summed E-state index contributed by atoms with van der Waals surface area (Å²) in [6.45, 7) is 1.83. The third kappa shape index (κ3) is 4.22. The quantitative estimate of drug-likeness (QED) is 0.280. The third-order valence-electron chi connectivity index (χ3n) is 6.98. The minimum atomic E-state index is -1.07. The van der Waals surface area contributed by atoms with Gasteiger partial charge in [0.2, 0.25) is 5.91 Å². The summed E-state index contributed by atoms with van der Waals surface area (Å²) in [4.78, 5) is 17.6. The number of aryl methyl sites for hydroxylation is 1. The van der Waals surface area contributed by atoms with Crippen LogP contribution in [0, 0.1) is 0 Å². The van der Waals surface area contributed by atoms with Gasteiger partial charge in [0.05, 0.1) is 23.7 Å². The number of rotatable bonds is 6. The van der Waals surface area contributed by atoms with E-state index in [2.05, 4.69) is 31.9 Å². The minimum absolute atomic E-state index is 0.114. The smallest absolute Gasteiger partial charge is 0.220 e. The zero-order valence-corrected chi connectivity index (χ0v) is 22.6. The zero-order valence-electron chi connectivity index (χ0n) is 21.1. The molecule has 3 aromatic carbocycles. The van der Waals surface area contributed by atoms with E-state index in [-0.39, 0.29) is 5.91 Å². The normalized spacial score (nSPS) is 13.0. The van der Waals surface area contributed by atoms with Crippen molar-refractivity contribution < 1.29 is 4.79 Å². The van der Waals surface area contributed by atoms with Crippen LogP contribution in [-0.2, 0) is 17.4 Å². The molecule has 1 amide bonds. The Morgan fingerprint density at radius 2 is 1.77 bits per heavy atom. The lowest BCUT2D eigenvalue weighted by Gasteiger charge is -2.36. The molecule has 0 saturated carbocycles. The lowest BCUT2D eigenvalue weighted by molar-refractivity contribution is -0.122. The van der Waals surface area contributed by atoms with E-state index >= 15 is 0 Å². The van der Waals surface area contributed by atoms with Crippen molar-refractivity contribution in [3.63, 3.8) is 0 Å². The molecule has 6 aromatic rings. The van der Waals surface area contributed by atoms with Gasteiger partial charge in [0, 0.05) is 28.9 Å². The number of halogens is 2. The highest BCUT2D eigenvalue weighted by Gasteiger charge is 2.40. The van der Waals surface area contributed by atoms with Gasteiger partial charge in [-0.3, -0.25) is 4.79 Å². The van der Waals surface area contributed by atoms with E-state index in [1.165, 1.54) is 0 Å². The van der Waals surface area contributed by atoms with Gasteiger partial charge < -0.3 is 9.88 Å².